The smallest absolute Gasteiger partial charge is 0.144 e. The first kappa shape index (κ1) is 14.5. The van der Waals surface area contributed by atoms with Crippen molar-refractivity contribution in [2.45, 2.75) is 38.0 Å². The second-order valence-electron chi connectivity index (χ2n) is 5.58. The number of aromatic nitrogens is 2. The van der Waals surface area contributed by atoms with E-state index in [1.165, 1.54) is 18.4 Å². The van der Waals surface area contributed by atoms with Gasteiger partial charge in [0.2, 0.25) is 0 Å². The maximum absolute atomic E-state index is 4.82. The fourth-order valence-electron chi connectivity index (χ4n) is 3.27. The van der Waals surface area contributed by atoms with Crippen molar-refractivity contribution in [1.29, 1.82) is 0 Å². The van der Waals surface area contributed by atoms with Gasteiger partial charge in [0.05, 0.1) is 9.89 Å². The Morgan fingerprint density at radius 3 is 2.57 bits per heavy atom. The lowest BCUT2D eigenvalue weighted by Gasteiger charge is -2.28. The van der Waals surface area contributed by atoms with Crippen molar-refractivity contribution in [3.63, 3.8) is 0 Å². The quantitative estimate of drug-likeness (QED) is 0.884. The van der Waals surface area contributed by atoms with Gasteiger partial charge in [-0.1, -0.05) is 43.2 Å². The molecule has 1 fully saturated rings. The summed E-state index contributed by atoms with van der Waals surface area (Å²) >= 11 is 3.53. The Hall–Kier alpha value is -1.42. The van der Waals surface area contributed by atoms with Crippen LogP contribution >= 0.6 is 15.9 Å². The van der Waals surface area contributed by atoms with Gasteiger partial charge in [0.15, 0.2) is 0 Å². The molecule has 3 rings (SSSR count). The third-order valence-corrected chi connectivity index (χ3v) is 4.88. The van der Waals surface area contributed by atoms with Crippen molar-refractivity contribution < 1.29 is 0 Å². The Bertz CT molecular complexity index is 607. The number of rotatable bonds is 4. The van der Waals surface area contributed by atoms with Crippen LogP contribution in [0, 0.1) is 0 Å². The minimum absolute atomic E-state index is 0.0217. The molecule has 4 heteroatoms. The van der Waals surface area contributed by atoms with Crippen LogP contribution in [0.4, 0.5) is 5.82 Å². The molecule has 1 aromatic carbocycles. The molecule has 0 atom stereocenters. The molecule has 0 bridgehead atoms. The maximum atomic E-state index is 4.82. The molecular weight excluding hydrogens is 326 g/mol. The van der Waals surface area contributed by atoms with Crippen molar-refractivity contribution in [2.75, 3.05) is 11.9 Å². The SMILES string of the molecule is CCNc1nc(C2(c3ccccc3)CCCC2)ncc1Br. The van der Waals surface area contributed by atoms with E-state index in [0.29, 0.717) is 0 Å². The standard InChI is InChI=1S/C17H20BrN3/c1-2-19-15-14(18)12-20-16(21-15)17(10-6-7-11-17)13-8-4-3-5-9-13/h3-5,8-9,12H,2,6-7,10-11H2,1H3,(H,19,20,21). The van der Waals surface area contributed by atoms with E-state index >= 15 is 0 Å². The van der Waals surface area contributed by atoms with Gasteiger partial charge in [-0.3, -0.25) is 0 Å². The topological polar surface area (TPSA) is 37.8 Å². The van der Waals surface area contributed by atoms with Gasteiger partial charge in [-0.25, -0.2) is 9.97 Å². The zero-order chi connectivity index (χ0) is 14.7. The van der Waals surface area contributed by atoms with Gasteiger partial charge in [-0.05, 0) is 41.3 Å². The molecule has 1 aliphatic carbocycles. The predicted octanol–water partition coefficient (Wildman–Crippen LogP) is 4.53. The van der Waals surface area contributed by atoms with Crippen LogP contribution in [0.5, 0.6) is 0 Å². The molecular formula is C17H20BrN3. The summed E-state index contributed by atoms with van der Waals surface area (Å²) in [5.74, 6) is 1.84. The molecule has 0 unspecified atom stereocenters. The Morgan fingerprint density at radius 1 is 1.19 bits per heavy atom. The second-order valence-corrected chi connectivity index (χ2v) is 6.43. The average Bonchev–Trinajstić information content (AvgIpc) is 3.01. The summed E-state index contributed by atoms with van der Waals surface area (Å²) in [7, 11) is 0. The fourth-order valence-corrected chi connectivity index (χ4v) is 3.60. The van der Waals surface area contributed by atoms with Crippen molar-refractivity contribution in [2.24, 2.45) is 0 Å². The van der Waals surface area contributed by atoms with Crippen LogP contribution in [0.3, 0.4) is 0 Å². The largest absolute Gasteiger partial charge is 0.369 e. The van der Waals surface area contributed by atoms with Crippen molar-refractivity contribution in [1.82, 2.24) is 9.97 Å². The molecule has 1 heterocycles. The lowest BCUT2D eigenvalue weighted by atomic mass is 9.78. The summed E-state index contributed by atoms with van der Waals surface area (Å²) in [6, 6.07) is 10.7. The van der Waals surface area contributed by atoms with Gasteiger partial charge >= 0.3 is 0 Å². The molecule has 0 saturated heterocycles. The highest BCUT2D eigenvalue weighted by molar-refractivity contribution is 9.10. The highest BCUT2D eigenvalue weighted by Crippen LogP contribution is 2.45. The van der Waals surface area contributed by atoms with Gasteiger partial charge in [0, 0.05) is 12.7 Å². The summed E-state index contributed by atoms with van der Waals surface area (Å²) in [6.07, 6.45) is 6.62. The molecule has 0 spiro atoms. The van der Waals surface area contributed by atoms with E-state index in [-0.39, 0.29) is 5.41 Å². The van der Waals surface area contributed by atoms with Crippen LogP contribution in [-0.2, 0) is 5.41 Å². The first-order valence-corrected chi connectivity index (χ1v) is 8.38. The lowest BCUT2D eigenvalue weighted by molar-refractivity contribution is 0.499. The lowest BCUT2D eigenvalue weighted by Crippen LogP contribution is -2.27. The minimum Gasteiger partial charge on any atom is -0.369 e. The fraction of sp³-hybridized carbons (Fsp3) is 0.412. The molecule has 1 N–H and O–H groups in total. The highest BCUT2D eigenvalue weighted by Gasteiger charge is 2.40. The number of nitrogens with one attached hydrogen (secondary N) is 1. The van der Waals surface area contributed by atoms with Crippen LogP contribution in [0.25, 0.3) is 0 Å². The predicted molar refractivity (Wildman–Crippen MR) is 89.6 cm³/mol. The normalized spacial score (nSPS) is 16.9. The number of hydrogen-bond acceptors (Lipinski definition) is 3. The number of anilines is 1. The van der Waals surface area contributed by atoms with E-state index in [1.807, 2.05) is 6.20 Å². The van der Waals surface area contributed by atoms with Crippen LogP contribution in [0.1, 0.15) is 44.0 Å². The van der Waals surface area contributed by atoms with Crippen LogP contribution < -0.4 is 5.32 Å². The molecule has 1 aromatic heterocycles. The average molecular weight is 346 g/mol. The van der Waals surface area contributed by atoms with Gasteiger partial charge in [-0.2, -0.15) is 0 Å². The summed E-state index contributed by atoms with van der Waals surface area (Å²) in [4.78, 5) is 9.48. The molecule has 1 aliphatic rings. The Morgan fingerprint density at radius 2 is 1.90 bits per heavy atom. The van der Waals surface area contributed by atoms with Crippen molar-refractivity contribution >= 4 is 21.7 Å². The Kier molecular flexibility index (Phi) is 4.24. The van der Waals surface area contributed by atoms with Gasteiger partial charge in [-0.15, -0.1) is 0 Å². The molecule has 110 valence electrons. The molecule has 0 aliphatic heterocycles. The van der Waals surface area contributed by atoms with E-state index in [4.69, 9.17) is 4.98 Å². The molecule has 0 amide bonds. The van der Waals surface area contributed by atoms with E-state index in [9.17, 15) is 0 Å². The molecule has 21 heavy (non-hydrogen) atoms. The zero-order valence-corrected chi connectivity index (χ0v) is 13.9. The number of nitrogens with zero attached hydrogens (tertiary/aromatic N) is 2. The Labute approximate surface area is 134 Å². The number of hydrogen-bond donors (Lipinski definition) is 1. The van der Waals surface area contributed by atoms with Crippen molar-refractivity contribution in [3.05, 3.63) is 52.4 Å². The zero-order valence-electron chi connectivity index (χ0n) is 12.3. The van der Waals surface area contributed by atoms with Crippen LogP contribution in [0.2, 0.25) is 0 Å². The van der Waals surface area contributed by atoms with Gasteiger partial charge < -0.3 is 5.32 Å². The van der Waals surface area contributed by atoms with Crippen LogP contribution in [0.15, 0.2) is 41.0 Å². The van der Waals surface area contributed by atoms with Crippen molar-refractivity contribution in [3.8, 4) is 0 Å². The number of benzene rings is 1. The first-order chi connectivity index (χ1) is 10.3. The van der Waals surface area contributed by atoms with E-state index in [1.54, 1.807) is 0 Å². The molecule has 3 nitrogen and oxygen atoms in total. The summed E-state index contributed by atoms with van der Waals surface area (Å²) in [6.45, 7) is 2.93. The third kappa shape index (κ3) is 2.69. The van der Waals surface area contributed by atoms with Crippen LogP contribution in [-0.4, -0.2) is 16.5 Å². The van der Waals surface area contributed by atoms with E-state index < -0.39 is 0 Å². The summed E-state index contributed by atoms with van der Waals surface area (Å²) < 4.78 is 0.925. The summed E-state index contributed by atoms with van der Waals surface area (Å²) in [5.41, 5.74) is 1.32. The minimum atomic E-state index is -0.0217. The van der Waals surface area contributed by atoms with E-state index in [2.05, 4.69) is 63.5 Å². The summed E-state index contributed by atoms with van der Waals surface area (Å²) in [5, 5.41) is 3.31. The maximum Gasteiger partial charge on any atom is 0.144 e. The van der Waals surface area contributed by atoms with Gasteiger partial charge in [0.25, 0.3) is 0 Å². The molecule has 0 radical (unpaired) electrons. The Balaban J connectivity index is 2.08. The van der Waals surface area contributed by atoms with Gasteiger partial charge in [0.1, 0.15) is 11.6 Å². The second kappa shape index (κ2) is 6.14. The first-order valence-electron chi connectivity index (χ1n) is 7.59. The highest BCUT2D eigenvalue weighted by atomic mass is 79.9. The molecule has 2 aromatic rings. The monoisotopic (exact) mass is 345 g/mol. The molecule has 1 saturated carbocycles. The van der Waals surface area contributed by atoms with E-state index in [0.717, 1.165) is 35.5 Å². The third-order valence-electron chi connectivity index (χ3n) is 4.30. The number of halogens is 1.